The summed E-state index contributed by atoms with van der Waals surface area (Å²) in [5, 5.41) is 10.6. The van der Waals surface area contributed by atoms with Gasteiger partial charge in [-0.25, -0.2) is 9.61 Å². The third kappa shape index (κ3) is 2.37. The Morgan fingerprint density at radius 2 is 2.32 bits per heavy atom. The molecule has 0 bridgehead atoms. The van der Waals surface area contributed by atoms with Crippen LogP contribution in [0.2, 0.25) is 0 Å². The second kappa shape index (κ2) is 4.73. The number of hydrogen-bond donors (Lipinski definition) is 1. The van der Waals surface area contributed by atoms with Crippen molar-refractivity contribution in [2.75, 3.05) is 5.32 Å². The normalized spacial score (nSPS) is 18.1. The minimum atomic E-state index is -0.321. The van der Waals surface area contributed by atoms with Crippen molar-refractivity contribution in [3.05, 3.63) is 22.0 Å². The molecule has 0 saturated carbocycles. The Balaban J connectivity index is 1.78. The molecule has 0 radical (unpaired) electrons. The number of hydrogen-bond acceptors (Lipinski definition) is 6. The van der Waals surface area contributed by atoms with Gasteiger partial charge in [-0.1, -0.05) is 12.1 Å². The highest BCUT2D eigenvalue weighted by molar-refractivity contribution is 7.15. The Morgan fingerprint density at radius 3 is 3.05 bits per heavy atom. The second-order valence-electron chi connectivity index (χ2n) is 4.89. The van der Waals surface area contributed by atoms with Crippen LogP contribution in [0.3, 0.4) is 0 Å². The van der Waals surface area contributed by atoms with Crippen molar-refractivity contribution in [2.24, 2.45) is 5.92 Å². The van der Waals surface area contributed by atoms with Gasteiger partial charge < -0.3 is 0 Å². The van der Waals surface area contributed by atoms with E-state index in [-0.39, 0.29) is 11.6 Å². The van der Waals surface area contributed by atoms with Crippen molar-refractivity contribution in [1.82, 2.24) is 15.3 Å². The average molecular weight is 278 g/mol. The molecule has 0 fully saturated rings. The maximum Gasteiger partial charge on any atom is 0.281 e. The van der Waals surface area contributed by atoms with E-state index in [9.17, 15) is 4.79 Å². The van der Waals surface area contributed by atoms with E-state index in [4.69, 9.17) is 0 Å². The molecule has 0 aliphatic heterocycles. The summed E-state index contributed by atoms with van der Waals surface area (Å²) in [5.41, 5.74) is 1.81. The monoisotopic (exact) mass is 278 g/mol. The molecule has 19 heavy (non-hydrogen) atoms. The van der Waals surface area contributed by atoms with E-state index in [1.54, 1.807) is 18.3 Å². The quantitative estimate of drug-likeness (QED) is 0.910. The molecular weight excluding hydrogens is 264 g/mol. The zero-order valence-electron chi connectivity index (χ0n) is 10.8. The van der Waals surface area contributed by atoms with Gasteiger partial charge in [-0.15, -0.1) is 11.3 Å². The summed E-state index contributed by atoms with van der Waals surface area (Å²) in [7, 11) is 0. The number of amides is 1. The van der Waals surface area contributed by atoms with Crippen molar-refractivity contribution < 1.29 is 9.42 Å². The van der Waals surface area contributed by atoms with E-state index in [1.165, 1.54) is 4.88 Å². The van der Waals surface area contributed by atoms with E-state index in [1.807, 2.05) is 0 Å². The summed E-state index contributed by atoms with van der Waals surface area (Å²) in [6, 6.07) is 0. The number of rotatable bonds is 2. The molecule has 2 aromatic heterocycles. The maximum atomic E-state index is 12.0. The SMILES string of the molecule is Cc1nonc1C(=O)Nc1nc2c(s1)CC(C)CC2. The summed E-state index contributed by atoms with van der Waals surface area (Å²) in [6.07, 6.45) is 3.21. The van der Waals surface area contributed by atoms with E-state index in [0.717, 1.165) is 25.0 Å². The van der Waals surface area contributed by atoms with Crippen LogP contribution >= 0.6 is 11.3 Å². The number of aromatic nitrogens is 3. The molecule has 0 aromatic carbocycles. The van der Waals surface area contributed by atoms with E-state index >= 15 is 0 Å². The predicted molar refractivity (Wildman–Crippen MR) is 70.3 cm³/mol. The molecule has 1 N–H and O–H groups in total. The second-order valence-corrected chi connectivity index (χ2v) is 5.97. The lowest BCUT2D eigenvalue weighted by Gasteiger charge is -2.15. The van der Waals surface area contributed by atoms with Crippen molar-refractivity contribution in [3.8, 4) is 0 Å². The van der Waals surface area contributed by atoms with Crippen LogP contribution in [0.25, 0.3) is 0 Å². The lowest BCUT2D eigenvalue weighted by atomic mass is 9.93. The molecule has 2 heterocycles. The fourth-order valence-electron chi connectivity index (χ4n) is 2.19. The molecule has 1 atom stereocenters. The fourth-order valence-corrected chi connectivity index (χ4v) is 3.35. The van der Waals surface area contributed by atoms with Crippen LogP contribution in [-0.4, -0.2) is 21.2 Å². The van der Waals surface area contributed by atoms with Crippen LogP contribution in [0.15, 0.2) is 4.63 Å². The number of thiazole rings is 1. The van der Waals surface area contributed by atoms with Crippen LogP contribution in [-0.2, 0) is 12.8 Å². The first-order valence-electron chi connectivity index (χ1n) is 6.22. The fraction of sp³-hybridized carbons (Fsp3) is 0.500. The van der Waals surface area contributed by atoms with Gasteiger partial charge in [0.2, 0.25) is 0 Å². The van der Waals surface area contributed by atoms with E-state index in [0.29, 0.717) is 16.7 Å². The van der Waals surface area contributed by atoms with Crippen molar-refractivity contribution in [1.29, 1.82) is 0 Å². The Bertz CT molecular complexity index is 619. The number of nitrogens with one attached hydrogen (secondary N) is 1. The highest BCUT2D eigenvalue weighted by Crippen LogP contribution is 2.32. The predicted octanol–water partition coefficient (Wildman–Crippen LogP) is 2.21. The average Bonchev–Trinajstić information content (AvgIpc) is 2.94. The van der Waals surface area contributed by atoms with Crippen molar-refractivity contribution in [2.45, 2.75) is 33.1 Å². The van der Waals surface area contributed by atoms with Crippen LogP contribution in [0, 0.1) is 12.8 Å². The third-order valence-electron chi connectivity index (χ3n) is 3.27. The van der Waals surface area contributed by atoms with Crippen molar-refractivity contribution >= 4 is 22.4 Å². The molecule has 1 aliphatic rings. The number of carbonyl (C=O) groups excluding carboxylic acids is 1. The number of fused-ring (bicyclic) bond motifs is 1. The largest absolute Gasteiger partial charge is 0.296 e. The topological polar surface area (TPSA) is 80.9 Å². The van der Waals surface area contributed by atoms with Gasteiger partial charge in [0.15, 0.2) is 10.8 Å². The molecule has 1 unspecified atom stereocenters. The number of aryl methyl sites for hydroxylation is 2. The van der Waals surface area contributed by atoms with Gasteiger partial charge in [0.1, 0.15) is 5.69 Å². The maximum absolute atomic E-state index is 12.0. The molecule has 7 heteroatoms. The molecule has 2 aromatic rings. The first-order chi connectivity index (χ1) is 9.13. The molecule has 6 nitrogen and oxygen atoms in total. The molecule has 1 aliphatic carbocycles. The zero-order chi connectivity index (χ0) is 13.4. The Morgan fingerprint density at radius 1 is 1.47 bits per heavy atom. The minimum Gasteiger partial charge on any atom is -0.296 e. The first kappa shape index (κ1) is 12.3. The third-order valence-corrected chi connectivity index (χ3v) is 4.31. The summed E-state index contributed by atoms with van der Waals surface area (Å²) < 4.78 is 4.52. The molecule has 100 valence electrons. The lowest BCUT2D eigenvalue weighted by Crippen LogP contribution is -2.13. The minimum absolute atomic E-state index is 0.210. The molecular formula is C12H14N4O2S. The highest BCUT2D eigenvalue weighted by Gasteiger charge is 2.22. The number of carbonyl (C=O) groups is 1. The van der Waals surface area contributed by atoms with E-state index in [2.05, 4.69) is 32.2 Å². The van der Waals surface area contributed by atoms with E-state index < -0.39 is 0 Å². The van der Waals surface area contributed by atoms with Crippen LogP contribution in [0.4, 0.5) is 5.13 Å². The molecule has 0 saturated heterocycles. The molecule has 0 spiro atoms. The van der Waals surface area contributed by atoms with Gasteiger partial charge in [0.25, 0.3) is 5.91 Å². The lowest BCUT2D eigenvalue weighted by molar-refractivity contribution is 0.101. The molecule has 1 amide bonds. The van der Waals surface area contributed by atoms with Crippen LogP contribution in [0.1, 0.15) is 40.1 Å². The summed E-state index contributed by atoms with van der Waals surface area (Å²) >= 11 is 1.55. The Kier molecular flexibility index (Phi) is 3.06. The number of nitrogens with zero attached hydrogens (tertiary/aromatic N) is 3. The van der Waals surface area contributed by atoms with Crippen LogP contribution in [0.5, 0.6) is 0 Å². The van der Waals surface area contributed by atoms with Crippen molar-refractivity contribution in [3.63, 3.8) is 0 Å². The van der Waals surface area contributed by atoms with Gasteiger partial charge in [-0.2, -0.15) is 0 Å². The highest BCUT2D eigenvalue weighted by atomic mass is 32.1. The zero-order valence-corrected chi connectivity index (χ0v) is 11.6. The van der Waals surface area contributed by atoms with Gasteiger partial charge in [0, 0.05) is 4.88 Å². The molecule has 3 rings (SSSR count). The first-order valence-corrected chi connectivity index (χ1v) is 7.04. The summed E-state index contributed by atoms with van der Waals surface area (Å²) in [4.78, 5) is 17.7. The van der Waals surface area contributed by atoms with Gasteiger partial charge in [-0.3, -0.25) is 10.1 Å². The van der Waals surface area contributed by atoms with Gasteiger partial charge >= 0.3 is 0 Å². The Hall–Kier alpha value is -1.76. The standard InChI is InChI=1S/C12H14N4O2S/c1-6-3-4-8-9(5-6)19-12(13-8)14-11(17)10-7(2)15-18-16-10/h6H,3-5H2,1-2H3,(H,13,14,17). The summed E-state index contributed by atoms with van der Waals surface area (Å²) in [5.74, 6) is 0.372. The number of anilines is 1. The Labute approximate surface area is 114 Å². The van der Waals surface area contributed by atoms with Gasteiger partial charge in [-0.05, 0) is 37.3 Å². The van der Waals surface area contributed by atoms with Crippen LogP contribution < -0.4 is 5.32 Å². The van der Waals surface area contributed by atoms with Gasteiger partial charge in [0.05, 0.1) is 5.69 Å². The smallest absolute Gasteiger partial charge is 0.281 e. The summed E-state index contributed by atoms with van der Waals surface area (Å²) in [6.45, 7) is 3.92.